The molecule has 0 aromatic carbocycles. The van der Waals surface area contributed by atoms with Crippen molar-refractivity contribution in [1.29, 1.82) is 0 Å². The number of nitrogens with zero attached hydrogens (tertiary/aromatic N) is 3. The molecule has 0 N–H and O–H groups in total. The third-order valence-corrected chi connectivity index (χ3v) is 2.87. The first-order valence-corrected chi connectivity index (χ1v) is 5.48. The van der Waals surface area contributed by atoms with E-state index in [1.807, 2.05) is 13.8 Å². The Balaban J connectivity index is 2.60. The Hall–Kier alpha value is -1.95. The lowest BCUT2D eigenvalue weighted by Gasteiger charge is -2.20. The largest absolute Gasteiger partial charge is 0.465 e. The summed E-state index contributed by atoms with van der Waals surface area (Å²) >= 11 is 0. The molecule has 0 aliphatic rings. The van der Waals surface area contributed by atoms with Crippen LogP contribution < -0.4 is 0 Å². The maximum Gasteiger partial charge on any atom is 0.339 e. The Labute approximate surface area is 105 Å². The second kappa shape index (κ2) is 4.38. The summed E-state index contributed by atoms with van der Waals surface area (Å²) in [6, 6.07) is 3.37. The van der Waals surface area contributed by atoms with E-state index in [-0.39, 0.29) is 0 Å². The number of hydrogen-bond donors (Lipinski definition) is 0. The van der Waals surface area contributed by atoms with Crippen LogP contribution in [0.1, 0.15) is 30.0 Å². The zero-order chi connectivity index (χ0) is 13.3. The Morgan fingerprint density at radius 1 is 1.28 bits per heavy atom. The Morgan fingerprint density at radius 3 is 2.61 bits per heavy atom. The van der Waals surface area contributed by atoms with Gasteiger partial charge >= 0.3 is 5.97 Å². The van der Waals surface area contributed by atoms with Gasteiger partial charge in [0.25, 0.3) is 0 Å². The number of ether oxygens (including phenoxy) is 2. The van der Waals surface area contributed by atoms with Crippen molar-refractivity contribution in [1.82, 2.24) is 14.6 Å². The van der Waals surface area contributed by atoms with Gasteiger partial charge < -0.3 is 9.47 Å². The minimum atomic E-state index is -0.589. The number of fused-ring (bicyclic) bond motifs is 1. The lowest BCUT2D eigenvalue weighted by atomic mass is 10.1. The van der Waals surface area contributed by atoms with E-state index in [4.69, 9.17) is 4.74 Å². The van der Waals surface area contributed by atoms with E-state index >= 15 is 0 Å². The maximum absolute atomic E-state index is 11.5. The first-order valence-electron chi connectivity index (χ1n) is 5.48. The Bertz CT molecular complexity index is 589. The molecule has 96 valence electrons. The lowest BCUT2D eigenvalue weighted by Crippen LogP contribution is -2.23. The summed E-state index contributed by atoms with van der Waals surface area (Å²) in [7, 11) is 2.95. The van der Waals surface area contributed by atoms with Crippen LogP contribution in [0.5, 0.6) is 0 Å². The van der Waals surface area contributed by atoms with Crippen LogP contribution in [0.2, 0.25) is 0 Å². The van der Waals surface area contributed by atoms with Crippen LogP contribution in [0.25, 0.3) is 5.65 Å². The number of hydrogen-bond acceptors (Lipinski definition) is 5. The number of methoxy groups -OCH3 is 2. The smallest absolute Gasteiger partial charge is 0.339 e. The number of carbonyl (C=O) groups is 1. The third kappa shape index (κ3) is 1.95. The molecule has 0 saturated carbocycles. The SMILES string of the molecule is COC(=O)c1ccc2nnc(C(C)(C)OC)n2c1. The third-order valence-electron chi connectivity index (χ3n) is 2.87. The van der Waals surface area contributed by atoms with Crippen molar-refractivity contribution in [3.05, 3.63) is 29.7 Å². The van der Waals surface area contributed by atoms with Crippen LogP contribution in [-0.4, -0.2) is 34.8 Å². The first kappa shape index (κ1) is 12.5. The predicted octanol–water partition coefficient (Wildman–Crippen LogP) is 1.40. The fraction of sp³-hybridized carbons (Fsp3) is 0.417. The summed E-state index contributed by atoms with van der Waals surface area (Å²) in [4.78, 5) is 11.5. The quantitative estimate of drug-likeness (QED) is 0.769. The molecular formula is C12H15N3O3. The van der Waals surface area contributed by atoms with Crippen molar-refractivity contribution in [2.24, 2.45) is 0 Å². The van der Waals surface area contributed by atoms with Crippen LogP contribution >= 0.6 is 0 Å². The van der Waals surface area contributed by atoms with E-state index in [0.717, 1.165) is 0 Å². The molecule has 0 unspecified atom stereocenters. The van der Waals surface area contributed by atoms with Gasteiger partial charge in [-0.05, 0) is 26.0 Å². The predicted molar refractivity (Wildman–Crippen MR) is 64.4 cm³/mol. The zero-order valence-corrected chi connectivity index (χ0v) is 10.8. The minimum Gasteiger partial charge on any atom is -0.465 e. The molecule has 0 aliphatic heterocycles. The molecule has 0 amide bonds. The van der Waals surface area contributed by atoms with Gasteiger partial charge in [0, 0.05) is 13.3 Å². The van der Waals surface area contributed by atoms with Crippen molar-refractivity contribution in [2.45, 2.75) is 19.4 Å². The lowest BCUT2D eigenvalue weighted by molar-refractivity contribution is 0.0106. The van der Waals surface area contributed by atoms with Gasteiger partial charge in [-0.1, -0.05) is 0 Å². The van der Waals surface area contributed by atoms with Crippen molar-refractivity contribution in [3.8, 4) is 0 Å². The molecule has 0 bridgehead atoms. The van der Waals surface area contributed by atoms with Gasteiger partial charge in [0.2, 0.25) is 0 Å². The highest BCUT2D eigenvalue weighted by molar-refractivity contribution is 5.89. The van der Waals surface area contributed by atoms with E-state index in [1.54, 1.807) is 29.8 Å². The zero-order valence-electron chi connectivity index (χ0n) is 10.8. The van der Waals surface area contributed by atoms with Crippen molar-refractivity contribution >= 4 is 11.6 Å². The van der Waals surface area contributed by atoms with Crippen LogP contribution in [0, 0.1) is 0 Å². The summed E-state index contributed by atoms with van der Waals surface area (Å²) in [6.07, 6.45) is 1.65. The molecule has 6 heteroatoms. The standard InChI is InChI=1S/C12H15N3O3/c1-12(2,18-4)11-14-13-9-6-5-8(7-15(9)11)10(16)17-3/h5-7H,1-4H3. The average Bonchev–Trinajstić information content (AvgIpc) is 2.81. The van der Waals surface area contributed by atoms with Crippen LogP contribution in [-0.2, 0) is 15.1 Å². The van der Waals surface area contributed by atoms with Gasteiger partial charge in [0.15, 0.2) is 11.5 Å². The molecule has 2 aromatic heterocycles. The number of carbonyl (C=O) groups excluding carboxylic acids is 1. The summed E-state index contributed by atoms with van der Waals surface area (Å²) in [5.41, 5.74) is 0.509. The normalized spacial score (nSPS) is 11.8. The van der Waals surface area contributed by atoms with Gasteiger partial charge in [0.05, 0.1) is 12.7 Å². The minimum absolute atomic E-state index is 0.397. The second-order valence-electron chi connectivity index (χ2n) is 4.38. The molecule has 0 saturated heterocycles. The van der Waals surface area contributed by atoms with Crippen LogP contribution in [0.4, 0.5) is 0 Å². The molecule has 0 spiro atoms. The van der Waals surface area contributed by atoms with Gasteiger partial charge in [-0.2, -0.15) is 0 Å². The Morgan fingerprint density at radius 2 is 2.00 bits per heavy atom. The fourth-order valence-electron chi connectivity index (χ4n) is 1.63. The Kier molecular flexibility index (Phi) is 3.04. The summed E-state index contributed by atoms with van der Waals surface area (Å²) < 4.78 is 11.8. The molecule has 0 aliphatic carbocycles. The fourth-order valence-corrected chi connectivity index (χ4v) is 1.63. The highest BCUT2D eigenvalue weighted by Crippen LogP contribution is 2.22. The summed E-state index contributed by atoms with van der Waals surface area (Å²) in [6.45, 7) is 3.77. The van der Waals surface area contributed by atoms with Gasteiger partial charge in [-0.3, -0.25) is 4.40 Å². The van der Waals surface area contributed by atoms with Crippen LogP contribution in [0.3, 0.4) is 0 Å². The van der Waals surface area contributed by atoms with E-state index < -0.39 is 11.6 Å². The molecule has 2 aromatic rings. The highest BCUT2D eigenvalue weighted by atomic mass is 16.5. The molecule has 0 radical (unpaired) electrons. The van der Waals surface area contributed by atoms with E-state index in [9.17, 15) is 4.79 Å². The molecular weight excluding hydrogens is 234 g/mol. The second-order valence-corrected chi connectivity index (χ2v) is 4.38. The van der Waals surface area contributed by atoms with E-state index in [2.05, 4.69) is 14.9 Å². The van der Waals surface area contributed by atoms with Crippen LogP contribution in [0.15, 0.2) is 18.3 Å². The number of pyridine rings is 1. The molecule has 18 heavy (non-hydrogen) atoms. The van der Waals surface area contributed by atoms with Gasteiger partial charge in [-0.25, -0.2) is 4.79 Å². The van der Waals surface area contributed by atoms with Gasteiger partial charge in [-0.15, -0.1) is 10.2 Å². The average molecular weight is 249 g/mol. The monoisotopic (exact) mass is 249 g/mol. The molecule has 0 fully saturated rings. The molecule has 6 nitrogen and oxygen atoms in total. The van der Waals surface area contributed by atoms with E-state index in [0.29, 0.717) is 17.0 Å². The number of esters is 1. The molecule has 0 atom stereocenters. The molecule has 2 rings (SSSR count). The first-order chi connectivity index (χ1) is 8.49. The van der Waals surface area contributed by atoms with Crippen molar-refractivity contribution < 1.29 is 14.3 Å². The highest BCUT2D eigenvalue weighted by Gasteiger charge is 2.26. The van der Waals surface area contributed by atoms with Gasteiger partial charge in [0.1, 0.15) is 5.60 Å². The molecule has 2 heterocycles. The topological polar surface area (TPSA) is 65.7 Å². The van der Waals surface area contributed by atoms with Crippen molar-refractivity contribution in [3.63, 3.8) is 0 Å². The number of rotatable bonds is 3. The number of aromatic nitrogens is 3. The summed E-state index contributed by atoms with van der Waals surface area (Å²) in [5, 5.41) is 8.14. The maximum atomic E-state index is 11.5. The summed E-state index contributed by atoms with van der Waals surface area (Å²) in [5.74, 6) is 0.234. The van der Waals surface area contributed by atoms with E-state index in [1.165, 1.54) is 7.11 Å². The van der Waals surface area contributed by atoms with Crippen molar-refractivity contribution in [2.75, 3.05) is 14.2 Å².